The molecule has 5 nitrogen and oxygen atoms in total. The lowest BCUT2D eigenvalue weighted by Gasteiger charge is -2.30. The largest absolute Gasteiger partial charge is 0.462 e. The average molecular weight is 466 g/mol. The molecule has 1 atom stereocenters. The number of nitrogens with one attached hydrogen (secondary N) is 1. The van der Waals surface area contributed by atoms with Gasteiger partial charge in [-0.05, 0) is 66.8 Å². The summed E-state index contributed by atoms with van der Waals surface area (Å²) in [5, 5.41) is 1.59. The van der Waals surface area contributed by atoms with Crippen LogP contribution in [0.5, 0.6) is 0 Å². The fourth-order valence-electron chi connectivity index (χ4n) is 3.92. The molecule has 0 aliphatic heterocycles. The number of carbonyl (C=O) groups excluding carboxylic acids is 1. The summed E-state index contributed by atoms with van der Waals surface area (Å²) in [4.78, 5) is 13.0. The first-order valence-corrected chi connectivity index (χ1v) is 15.5. The number of benzene rings is 2. The third kappa shape index (κ3) is 4.96. The number of fused-ring (bicyclic) bond motifs is 1. The van der Waals surface area contributed by atoms with E-state index in [-0.39, 0.29) is 16.9 Å². The van der Waals surface area contributed by atoms with Gasteiger partial charge in [-0.25, -0.2) is 17.9 Å². The minimum absolute atomic E-state index is 0.194. The third-order valence-corrected chi connectivity index (χ3v) is 9.17. The van der Waals surface area contributed by atoms with E-state index in [1.54, 1.807) is 12.1 Å². The predicted molar refractivity (Wildman–Crippen MR) is 123 cm³/mol. The zero-order valence-corrected chi connectivity index (χ0v) is 20.4. The van der Waals surface area contributed by atoms with Gasteiger partial charge in [0.05, 0.1) is 25.1 Å². The lowest BCUT2D eigenvalue weighted by Crippen LogP contribution is -2.44. The lowest BCUT2D eigenvalue weighted by atomic mass is 9.85. The molecule has 0 saturated carbocycles. The van der Waals surface area contributed by atoms with Gasteiger partial charge in [0.15, 0.2) is 0 Å². The second kappa shape index (κ2) is 8.83. The predicted octanol–water partition coefficient (Wildman–Crippen LogP) is 3.90. The Labute approximate surface area is 184 Å². The summed E-state index contributed by atoms with van der Waals surface area (Å²) in [6, 6.07) is 9.99. The molecule has 2 aromatic carbocycles. The van der Waals surface area contributed by atoms with E-state index in [2.05, 4.69) is 24.4 Å². The number of hydrogen-bond acceptors (Lipinski definition) is 4. The van der Waals surface area contributed by atoms with Gasteiger partial charge in [-0.2, -0.15) is 0 Å². The maximum atomic E-state index is 12.8. The first-order valence-electron chi connectivity index (χ1n) is 10.1. The van der Waals surface area contributed by atoms with Gasteiger partial charge in [0.1, 0.15) is 0 Å². The summed E-state index contributed by atoms with van der Waals surface area (Å²) < 4.78 is 33.7. The molecule has 0 amide bonds. The van der Waals surface area contributed by atoms with Crippen molar-refractivity contribution in [2.24, 2.45) is 0 Å². The van der Waals surface area contributed by atoms with Crippen molar-refractivity contribution >= 4 is 40.9 Å². The van der Waals surface area contributed by atoms with Gasteiger partial charge < -0.3 is 4.74 Å². The molecule has 0 radical (unpaired) electrons. The number of hydrogen-bond donors (Lipinski definition) is 1. The van der Waals surface area contributed by atoms with Crippen LogP contribution in [-0.4, -0.2) is 35.1 Å². The molecule has 0 spiro atoms. The van der Waals surface area contributed by atoms with Gasteiger partial charge in [0.25, 0.3) is 0 Å². The number of rotatable bonds is 6. The van der Waals surface area contributed by atoms with Gasteiger partial charge in [-0.3, -0.25) is 0 Å². The highest BCUT2D eigenvalue weighted by molar-refractivity contribution is 7.89. The first-order chi connectivity index (χ1) is 14.0. The Balaban J connectivity index is 1.90. The Morgan fingerprint density at radius 1 is 1.17 bits per heavy atom. The Bertz CT molecular complexity index is 1050. The molecule has 162 valence electrons. The van der Waals surface area contributed by atoms with Crippen LogP contribution >= 0.6 is 11.6 Å². The average Bonchev–Trinajstić information content (AvgIpc) is 2.66. The highest BCUT2D eigenvalue weighted by atomic mass is 35.5. The number of sulfonamides is 1. The minimum atomic E-state index is -3.64. The van der Waals surface area contributed by atoms with Crippen molar-refractivity contribution in [3.63, 3.8) is 0 Å². The van der Waals surface area contributed by atoms with Gasteiger partial charge in [0, 0.05) is 11.1 Å². The number of ether oxygens (including phenoxy) is 1. The Morgan fingerprint density at radius 3 is 2.43 bits per heavy atom. The van der Waals surface area contributed by atoms with Crippen molar-refractivity contribution in [3.8, 4) is 0 Å². The zero-order valence-electron chi connectivity index (χ0n) is 17.8. The molecule has 2 aromatic rings. The normalized spacial score (nSPS) is 16.8. The van der Waals surface area contributed by atoms with E-state index in [1.807, 2.05) is 19.1 Å². The van der Waals surface area contributed by atoms with Crippen LogP contribution in [0.15, 0.2) is 41.3 Å². The summed E-state index contributed by atoms with van der Waals surface area (Å²) in [5.74, 6) is -0.271. The van der Waals surface area contributed by atoms with E-state index in [9.17, 15) is 13.2 Å². The van der Waals surface area contributed by atoms with Crippen LogP contribution in [0.25, 0.3) is 0 Å². The highest BCUT2D eigenvalue weighted by Crippen LogP contribution is 2.27. The van der Waals surface area contributed by atoms with Crippen molar-refractivity contribution in [2.45, 2.75) is 56.8 Å². The zero-order chi connectivity index (χ0) is 22.1. The van der Waals surface area contributed by atoms with E-state index in [4.69, 9.17) is 16.3 Å². The van der Waals surface area contributed by atoms with Crippen LogP contribution in [0.2, 0.25) is 24.7 Å². The number of esters is 1. The SMILES string of the molecule is CCOC(=O)c1c([Si](C)(C)C)ccc2c1CCC(NS(=O)(=O)c1ccc(Cl)cc1)C2. The van der Waals surface area contributed by atoms with Gasteiger partial charge in [-0.1, -0.05) is 43.4 Å². The molecule has 8 heteroatoms. The van der Waals surface area contributed by atoms with Gasteiger partial charge >= 0.3 is 5.97 Å². The molecular formula is C22H28ClNO4SSi. The molecule has 1 aliphatic rings. The number of carbonyl (C=O) groups is 1. The summed E-state index contributed by atoms with van der Waals surface area (Å²) >= 11 is 5.87. The Hall–Kier alpha value is -1.67. The van der Waals surface area contributed by atoms with E-state index >= 15 is 0 Å². The summed E-state index contributed by atoms with van der Waals surface area (Å²) in [5.41, 5.74) is 2.72. The topological polar surface area (TPSA) is 72.5 Å². The molecule has 0 heterocycles. The van der Waals surface area contributed by atoms with Crippen molar-refractivity contribution in [1.82, 2.24) is 4.72 Å². The van der Waals surface area contributed by atoms with Crippen LogP contribution in [0.4, 0.5) is 0 Å². The summed E-state index contributed by atoms with van der Waals surface area (Å²) in [6.45, 7) is 8.77. The maximum absolute atomic E-state index is 12.8. The molecule has 1 N–H and O–H groups in total. The maximum Gasteiger partial charge on any atom is 0.338 e. The van der Waals surface area contributed by atoms with Crippen molar-refractivity contribution in [2.75, 3.05) is 6.61 Å². The molecule has 0 saturated heterocycles. The molecule has 3 rings (SSSR count). The molecular weight excluding hydrogens is 438 g/mol. The van der Waals surface area contributed by atoms with Crippen LogP contribution in [0.1, 0.15) is 34.8 Å². The smallest absolute Gasteiger partial charge is 0.338 e. The van der Waals surface area contributed by atoms with Crippen molar-refractivity contribution in [1.29, 1.82) is 0 Å². The fourth-order valence-corrected chi connectivity index (χ4v) is 6.90. The molecule has 1 aliphatic carbocycles. The monoisotopic (exact) mass is 465 g/mol. The van der Waals surface area contributed by atoms with E-state index < -0.39 is 18.1 Å². The molecule has 1 unspecified atom stereocenters. The lowest BCUT2D eigenvalue weighted by molar-refractivity contribution is 0.0526. The molecule has 30 heavy (non-hydrogen) atoms. The van der Waals surface area contributed by atoms with Crippen molar-refractivity contribution < 1.29 is 17.9 Å². The van der Waals surface area contributed by atoms with E-state index in [0.717, 1.165) is 16.3 Å². The molecule has 0 bridgehead atoms. The molecule has 0 aromatic heterocycles. The Morgan fingerprint density at radius 2 is 1.83 bits per heavy atom. The van der Waals surface area contributed by atoms with Crippen LogP contribution < -0.4 is 9.91 Å². The van der Waals surface area contributed by atoms with Crippen molar-refractivity contribution in [3.05, 3.63) is 58.1 Å². The first kappa shape index (κ1) is 23.0. The Kier molecular flexibility index (Phi) is 6.77. The summed E-state index contributed by atoms with van der Waals surface area (Å²) in [7, 11) is -5.40. The standard InChI is InChI=1S/C22H28ClNO4SSi/c1-5-28-22(25)21-19-12-9-17(14-15(19)6-13-20(21)30(2,3)4)24-29(26,27)18-10-7-16(23)8-11-18/h6-8,10-11,13,17,24H,5,9,12,14H2,1-4H3. The van der Waals surface area contributed by atoms with Crippen LogP contribution in [0.3, 0.4) is 0 Å². The highest BCUT2D eigenvalue weighted by Gasteiger charge is 2.32. The second-order valence-corrected chi connectivity index (χ2v) is 15.8. The molecule has 0 fully saturated rings. The quantitative estimate of drug-likeness (QED) is 0.518. The minimum Gasteiger partial charge on any atom is -0.462 e. The van der Waals surface area contributed by atoms with Crippen LogP contribution in [0, 0.1) is 0 Å². The fraction of sp³-hybridized carbons (Fsp3) is 0.409. The third-order valence-electron chi connectivity index (χ3n) is 5.35. The number of halogens is 1. The second-order valence-electron chi connectivity index (χ2n) is 8.61. The van der Waals surface area contributed by atoms with E-state index in [1.165, 1.54) is 12.1 Å². The van der Waals surface area contributed by atoms with Gasteiger partial charge in [0.2, 0.25) is 10.0 Å². The van der Waals surface area contributed by atoms with Crippen LogP contribution in [-0.2, 0) is 27.6 Å². The van der Waals surface area contributed by atoms with E-state index in [0.29, 0.717) is 36.5 Å². The van der Waals surface area contributed by atoms with Gasteiger partial charge in [-0.15, -0.1) is 0 Å². The summed E-state index contributed by atoms with van der Waals surface area (Å²) in [6.07, 6.45) is 1.80.